The number of nitrogens with zero attached hydrogens (tertiary/aromatic N) is 3. The Balaban J connectivity index is 1.46. The van der Waals surface area contributed by atoms with E-state index in [4.69, 9.17) is 0 Å². The number of hydrogen-bond acceptors (Lipinski definition) is 6. The zero-order valence-corrected chi connectivity index (χ0v) is 13.8. The third-order valence-electron chi connectivity index (χ3n) is 4.38. The number of rotatable bonds is 4. The van der Waals surface area contributed by atoms with Gasteiger partial charge in [-0.3, -0.25) is 9.69 Å². The predicted molar refractivity (Wildman–Crippen MR) is 85.8 cm³/mol. The van der Waals surface area contributed by atoms with E-state index in [1.807, 2.05) is 4.90 Å². The lowest BCUT2D eigenvalue weighted by Gasteiger charge is -2.35. The molecule has 22 heavy (non-hydrogen) atoms. The molecular weight excluding hydrogens is 300 g/mol. The summed E-state index contributed by atoms with van der Waals surface area (Å²) in [5, 5.41) is 16.0. The molecule has 1 amide bonds. The number of aliphatic hydroxyl groups excluding tert-OH is 1. The number of aliphatic hydroxyl groups is 1. The quantitative estimate of drug-likeness (QED) is 0.820. The van der Waals surface area contributed by atoms with Crippen molar-refractivity contribution in [2.24, 2.45) is 0 Å². The molecule has 3 rings (SSSR count). The van der Waals surface area contributed by atoms with E-state index in [0.717, 1.165) is 44.8 Å². The van der Waals surface area contributed by atoms with Gasteiger partial charge in [-0.1, -0.05) is 6.92 Å². The molecule has 2 saturated heterocycles. The first-order valence-corrected chi connectivity index (χ1v) is 8.89. The molecule has 1 aromatic heterocycles. The van der Waals surface area contributed by atoms with Crippen molar-refractivity contribution in [1.82, 2.24) is 20.1 Å². The minimum absolute atomic E-state index is 0.137. The van der Waals surface area contributed by atoms with E-state index >= 15 is 0 Å². The number of hydrogen-bond donors (Lipinski definition) is 2. The molecule has 2 N–H and O–H groups in total. The van der Waals surface area contributed by atoms with E-state index in [2.05, 4.69) is 27.5 Å². The molecule has 3 heterocycles. The smallest absolute Gasteiger partial charge is 0.239 e. The van der Waals surface area contributed by atoms with Gasteiger partial charge in [0.05, 0.1) is 22.8 Å². The summed E-state index contributed by atoms with van der Waals surface area (Å²) in [5.74, 6) is 0.137. The average molecular weight is 324 g/mol. The Bertz CT molecular complexity index is 513. The van der Waals surface area contributed by atoms with Crippen molar-refractivity contribution < 1.29 is 9.90 Å². The van der Waals surface area contributed by atoms with Gasteiger partial charge < -0.3 is 15.3 Å². The molecule has 1 aromatic rings. The van der Waals surface area contributed by atoms with Gasteiger partial charge >= 0.3 is 0 Å². The van der Waals surface area contributed by atoms with Crippen molar-refractivity contribution in [3.8, 4) is 0 Å². The van der Waals surface area contributed by atoms with Crippen LogP contribution in [0, 0.1) is 0 Å². The first kappa shape index (κ1) is 15.9. The summed E-state index contributed by atoms with van der Waals surface area (Å²) in [5.41, 5.74) is 1.14. The van der Waals surface area contributed by atoms with Gasteiger partial charge in [-0.05, 0) is 12.8 Å². The number of carbonyl (C=O) groups is 1. The Morgan fingerprint density at radius 1 is 1.45 bits per heavy atom. The monoisotopic (exact) mass is 324 g/mol. The third kappa shape index (κ3) is 3.65. The maximum absolute atomic E-state index is 12.4. The molecule has 0 bridgehead atoms. The van der Waals surface area contributed by atoms with Crippen LogP contribution in [0.3, 0.4) is 0 Å². The predicted octanol–water partition coefficient (Wildman–Crippen LogP) is 0.0725. The van der Waals surface area contributed by atoms with Crippen molar-refractivity contribution in [3.63, 3.8) is 0 Å². The molecule has 0 saturated carbocycles. The van der Waals surface area contributed by atoms with Gasteiger partial charge in [-0.15, -0.1) is 11.3 Å². The molecule has 2 unspecified atom stereocenters. The number of aromatic nitrogens is 1. The van der Waals surface area contributed by atoms with Crippen LogP contribution in [-0.2, 0) is 17.8 Å². The second kappa shape index (κ2) is 7.04. The van der Waals surface area contributed by atoms with Crippen LogP contribution in [0.2, 0.25) is 0 Å². The third-order valence-corrected chi connectivity index (χ3v) is 5.42. The Morgan fingerprint density at radius 2 is 2.23 bits per heavy atom. The average Bonchev–Trinajstić information content (AvgIpc) is 3.16. The molecular formula is C15H24N4O2S. The van der Waals surface area contributed by atoms with Gasteiger partial charge in [-0.2, -0.15) is 0 Å². The van der Waals surface area contributed by atoms with Gasteiger partial charge in [-0.25, -0.2) is 4.98 Å². The van der Waals surface area contributed by atoms with E-state index in [1.165, 1.54) is 5.01 Å². The highest BCUT2D eigenvalue weighted by Crippen LogP contribution is 2.15. The van der Waals surface area contributed by atoms with Crippen molar-refractivity contribution in [3.05, 3.63) is 16.1 Å². The highest BCUT2D eigenvalue weighted by molar-refractivity contribution is 7.09. The molecule has 2 aliphatic rings. The number of carbonyl (C=O) groups excluding carboxylic acids is 1. The van der Waals surface area contributed by atoms with Crippen LogP contribution in [0.5, 0.6) is 0 Å². The lowest BCUT2D eigenvalue weighted by molar-refractivity contribution is -0.135. The molecule has 2 fully saturated rings. The largest absolute Gasteiger partial charge is 0.392 e. The van der Waals surface area contributed by atoms with Crippen molar-refractivity contribution >= 4 is 17.2 Å². The second-order valence-electron chi connectivity index (χ2n) is 6.04. The van der Waals surface area contributed by atoms with Crippen LogP contribution in [-0.4, -0.2) is 70.7 Å². The summed E-state index contributed by atoms with van der Waals surface area (Å²) in [7, 11) is 0. The summed E-state index contributed by atoms with van der Waals surface area (Å²) in [4.78, 5) is 21.3. The van der Waals surface area contributed by atoms with Crippen molar-refractivity contribution in [1.29, 1.82) is 0 Å². The number of piperazine rings is 1. The van der Waals surface area contributed by atoms with Crippen molar-refractivity contribution in [2.75, 3.05) is 32.7 Å². The van der Waals surface area contributed by atoms with Gasteiger partial charge in [0.15, 0.2) is 0 Å². The Labute approximate surface area is 135 Å². The van der Waals surface area contributed by atoms with Gasteiger partial charge in [0, 0.05) is 44.6 Å². The zero-order chi connectivity index (χ0) is 15.5. The summed E-state index contributed by atoms with van der Waals surface area (Å²) in [6.45, 7) is 6.83. The van der Waals surface area contributed by atoms with E-state index in [1.54, 1.807) is 11.3 Å². The summed E-state index contributed by atoms with van der Waals surface area (Å²) in [6.07, 6.45) is 1.15. The minimum atomic E-state index is -0.382. The highest BCUT2D eigenvalue weighted by atomic mass is 32.1. The summed E-state index contributed by atoms with van der Waals surface area (Å²) >= 11 is 1.73. The Kier molecular flexibility index (Phi) is 5.07. The van der Waals surface area contributed by atoms with Crippen LogP contribution in [0.4, 0.5) is 0 Å². The fraction of sp³-hybridized carbons (Fsp3) is 0.733. The summed E-state index contributed by atoms with van der Waals surface area (Å²) < 4.78 is 0. The molecule has 0 spiro atoms. The highest BCUT2D eigenvalue weighted by Gasteiger charge is 2.32. The number of β-amino-alcohol motifs (C(OH)–C–C–N with tert-alkyl or cyclic N) is 1. The minimum Gasteiger partial charge on any atom is -0.392 e. The number of thiazole rings is 1. The first-order chi connectivity index (χ1) is 10.7. The SMILES string of the molecule is CCc1nc(CN2CCN(C(=O)C3CC(O)CN3)CC2)cs1. The van der Waals surface area contributed by atoms with E-state index < -0.39 is 0 Å². The van der Waals surface area contributed by atoms with E-state index in [-0.39, 0.29) is 18.1 Å². The topological polar surface area (TPSA) is 68.7 Å². The molecule has 2 atom stereocenters. The van der Waals surface area contributed by atoms with Crippen LogP contribution in [0.15, 0.2) is 5.38 Å². The molecule has 122 valence electrons. The molecule has 0 radical (unpaired) electrons. The molecule has 6 nitrogen and oxygen atoms in total. The lowest BCUT2D eigenvalue weighted by Crippen LogP contribution is -2.52. The van der Waals surface area contributed by atoms with Crippen LogP contribution in [0.1, 0.15) is 24.0 Å². The fourth-order valence-electron chi connectivity index (χ4n) is 3.06. The van der Waals surface area contributed by atoms with Crippen LogP contribution >= 0.6 is 11.3 Å². The molecule has 2 aliphatic heterocycles. The Morgan fingerprint density at radius 3 is 2.82 bits per heavy atom. The second-order valence-corrected chi connectivity index (χ2v) is 6.98. The lowest BCUT2D eigenvalue weighted by atomic mass is 10.1. The fourth-order valence-corrected chi connectivity index (χ4v) is 3.80. The van der Waals surface area contributed by atoms with Gasteiger partial charge in [0.25, 0.3) is 0 Å². The van der Waals surface area contributed by atoms with Crippen molar-refractivity contribution in [2.45, 2.75) is 38.5 Å². The maximum Gasteiger partial charge on any atom is 0.239 e. The number of nitrogens with one attached hydrogen (secondary N) is 1. The van der Waals surface area contributed by atoms with Crippen LogP contribution < -0.4 is 5.32 Å². The van der Waals surface area contributed by atoms with Gasteiger partial charge in [0.1, 0.15) is 0 Å². The maximum atomic E-state index is 12.4. The number of amides is 1. The normalized spacial score (nSPS) is 26.5. The standard InChI is InChI=1S/C15H24N4O2S/c1-2-14-17-11(10-22-14)9-18-3-5-19(6-4-18)15(21)13-7-12(20)8-16-13/h10,12-13,16,20H,2-9H2,1H3. The number of aryl methyl sites for hydroxylation is 1. The molecule has 7 heteroatoms. The van der Waals surface area contributed by atoms with E-state index in [0.29, 0.717) is 13.0 Å². The zero-order valence-electron chi connectivity index (χ0n) is 13.0. The summed E-state index contributed by atoms with van der Waals surface area (Å²) in [6, 6.07) is -0.202. The van der Waals surface area contributed by atoms with Crippen LogP contribution in [0.25, 0.3) is 0 Å². The molecule has 0 aliphatic carbocycles. The van der Waals surface area contributed by atoms with Gasteiger partial charge in [0.2, 0.25) is 5.91 Å². The van der Waals surface area contributed by atoms with E-state index in [9.17, 15) is 9.90 Å². The Hall–Kier alpha value is -1.02. The molecule has 0 aromatic carbocycles. The first-order valence-electron chi connectivity index (χ1n) is 8.01.